The standard InChI is InChI=1S/C10H11N3OS/c11-4-5-13-10(14)7-15-9-3-1-2-8(12)6-9/h1-3,6H,5,7,12H2,(H,13,14). The highest BCUT2D eigenvalue weighted by atomic mass is 32.2. The van der Waals surface area contributed by atoms with E-state index in [1.807, 2.05) is 24.3 Å². The Morgan fingerprint density at radius 3 is 3.07 bits per heavy atom. The molecule has 0 radical (unpaired) electrons. The van der Waals surface area contributed by atoms with E-state index in [0.717, 1.165) is 4.90 Å². The minimum Gasteiger partial charge on any atom is -0.399 e. The quantitative estimate of drug-likeness (QED) is 0.451. The molecule has 3 N–H and O–H groups in total. The number of carbonyl (C=O) groups excluding carboxylic acids is 1. The number of hydrogen-bond donors (Lipinski definition) is 2. The maximum absolute atomic E-state index is 11.1. The van der Waals surface area contributed by atoms with E-state index >= 15 is 0 Å². The van der Waals surface area contributed by atoms with Crippen molar-refractivity contribution in [2.24, 2.45) is 0 Å². The third-order valence-corrected chi connectivity index (χ3v) is 2.59. The fourth-order valence-corrected chi connectivity index (χ4v) is 1.74. The molecule has 1 rings (SSSR count). The molecule has 0 fully saturated rings. The second-order valence-electron chi connectivity index (χ2n) is 2.80. The normalized spacial score (nSPS) is 9.27. The van der Waals surface area contributed by atoms with Crippen molar-refractivity contribution < 1.29 is 4.79 Å². The number of nitrogens with zero attached hydrogens (tertiary/aromatic N) is 1. The molecule has 0 aliphatic rings. The topological polar surface area (TPSA) is 78.9 Å². The number of rotatable bonds is 4. The first-order chi connectivity index (χ1) is 7.22. The maximum atomic E-state index is 11.1. The number of benzene rings is 1. The monoisotopic (exact) mass is 221 g/mol. The summed E-state index contributed by atoms with van der Waals surface area (Å²) in [5.41, 5.74) is 6.27. The van der Waals surface area contributed by atoms with Crippen molar-refractivity contribution in [1.82, 2.24) is 5.32 Å². The molecule has 0 aliphatic heterocycles. The molecule has 78 valence electrons. The number of thioether (sulfide) groups is 1. The van der Waals surface area contributed by atoms with Crippen molar-refractivity contribution in [3.05, 3.63) is 24.3 Å². The Kier molecular flexibility index (Phi) is 4.51. The van der Waals surface area contributed by atoms with Crippen LogP contribution in [0.25, 0.3) is 0 Å². The molecule has 0 unspecified atom stereocenters. The Labute approximate surface area is 92.5 Å². The van der Waals surface area contributed by atoms with Gasteiger partial charge in [-0.25, -0.2) is 0 Å². The van der Waals surface area contributed by atoms with E-state index in [9.17, 15) is 4.79 Å². The fourth-order valence-electron chi connectivity index (χ4n) is 0.942. The number of nitrogen functional groups attached to an aromatic ring is 1. The molecule has 1 aromatic carbocycles. The van der Waals surface area contributed by atoms with E-state index in [-0.39, 0.29) is 12.5 Å². The highest BCUT2D eigenvalue weighted by molar-refractivity contribution is 8.00. The number of amides is 1. The van der Waals surface area contributed by atoms with E-state index in [4.69, 9.17) is 11.0 Å². The lowest BCUT2D eigenvalue weighted by Gasteiger charge is -2.02. The average Bonchev–Trinajstić information content (AvgIpc) is 2.23. The number of nitrogens with one attached hydrogen (secondary N) is 1. The zero-order valence-corrected chi connectivity index (χ0v) is 8.88. The smallest absolute Gasteiger partial charge is 0.231 e. The van der Waals surface area contributed by atoms with Gasteiger partial charge in [0.25, 0.3) is 0 Å². The van der Waals surface area contributed by atoms with Crippen LogP contribution in [0.1, 0.15) is 0 Å². The van der Waals surface area contributed by atoms with Crippen LogP contribution in [0.2, 0.25) is 0 Å². The van der Waals surface area contributed by atoms with Crippen LogP contribution in [0, 0.1) is 11.3 Å². The van der Waals surface area contributed by atoms with Crippen LogP contribution in [0.3, 0.4) is 0 Å². The summed E-state index contributed by atoms with van der Waals surface area (Å²) in [4.78, 5) is 12.1. The molecular weight excluding hydrogens is 210 g/mol. The van der Waals surface area contributed by atoms with Crippen molar-refractivity contribution in [2.75, 3.05) is 18.0 Å². The molecule has 0 aromatic heterocycles. The molecule has 0 aliphatic carbocycles. The molecule has 0 atom stereocenters. The van der Waals surface area contributed by atoms with E-state index in [0.29, 0.717) is 11.4 Å². The van der Waals surface area contributed by atoms with Gasteiger partial charge >= 0.3 is 0 Å². The van der Waals surface area contributed by atoms with Crippen LogP contribution in [-0.4, -0.2) is 18.2 Å². The Balaban J connectivity index is 2.37. The van der Waals surface area contributed by atoms with Gasteiger partial charge in [0.15, 0.2) is 0 Å². The van der Waals surface area contributed by atoms with Crippen molar-refractivity contribution in [3.8, 4) is 6.07 Å². The van der Waals surface area contributed by atoms with Gasteiger partial charge in [-0.05, 0) is 18.2 Å². The summed E-state index contributed by atoms with van der Waals surface area (Å²) in [6, 6.07) is 9.17. The van der Waals surface area contributed by atoms with Gasteiger partial charge in [0.2, 0.25) is 5.91 Å². The minimum atomic E-state index is -0.149. The zero-order chi connectivity index (χ0) is 11.1. The number of hydrogen-bond acceptors (Lipinski definition) is 4. The van der Waals surface area contributed by atoms with E-state index in [2.05, 4.69) is 5.32 Å². The molecule has 15 heavy (non-hydrogen) atoms. The SMILES string of the molecule is N#CCNC(=O)CSc1cccc(N)c1. The van der Waals surface area contributed by atoms with Crippen molar-refractivity contribution in [1.29, 1.82) is 5.26 Å². The molecule has 0 heterocycles. The van der Waals surface area contributed by atoms with Gasteiger partial charge < -0.3 is 11.1 Å². The lowest BCUT2D eigenvalue weighted by Crippen LogP contribution is -2.25. The number of nitriles is 1. The molecule has 0 bridgehead atoms. The summed E-state index contributed by atoms with van der Waals surface area (Å²) in [7, 11) is 0. The number of anilines is 1. The molecule has 5 heteroatoms. The second-order valence-corrected chi connectivity index (χ2v) is 3.84. The third-order valence-electron chi connectivity index (χ3n) is 1.59. The minimum absolute atomic E-state index is 0.0519. The van der Waals surface area contributed by atoms with Crippen LogP contribution >= 0.6 is 11.8 Å². The molecule has 0 saturated carbocycles. The van der Waals surface area contributed by atoms with Gasteiger partial charge in [0.05, 0.1) is 11.8 Å². The van der Waals surface area contributed by atoms with Crippen LogP contribution in [0.5, 0.6) is 0 Å². The maximum Gasteiger partial charge on any atom is 0.231 e. The van der Waals surface area contributed by atoms with Gasteiger partial charge in [-0.15, -0.1) is 11.8 Å². The lowest BCUT2D eigenvalue weighted by molar-refractivity contribution is -0.118. The Bertz CT molecular complexity index is 386. The van der Waals surface area contributed by atoms with Crippen molar-refractivity contribution in [3.63, 3.8) is 0 Å². The summed E-state index contributed by atoms with van der Waals surface area (Å²) in [5.74, 6) is 0.148. The molecule has 1 aromatic rings. The molecule has 0 saturated heterocycles. The van der Waals surface area contributed by atoms with Gasteiger partial charge in [0, 0.05) is 10.6 Å². The molecular formula is C10H11N3OS. The van der Waals surface area contributed by atoms with Gasteiger partial charge in [0.1, 0.15) is 6.54 Å². The Hall–Kier alpha value is -1.67. The summed E-state index contributed by atoms with van der Waals surface area (Å²) in [5, 5.41) is 10.7. The first kappa shape index (κ1) is 11.4. The van der Waals surface area contributed by atoms with E-state index < -0.39 is 0 Å². The highest BCUT2D eigenvalue weighted by Gasteiger charge is 2.01. The Morgan fingerprint density at radius 2 is 2.40 bits per heavy atom. The summed E-state index contributed by atoms with van der Waals surface area (Å²) >= 11 is 1.39. The van der Waals surface area contributed by atoms with Crippen LogP contribution < -0.4 is 11.1 Å². The van der Waals surface area contributed by atoms with Gasteiger partial charge in [-0.1, -0.05) is 6.07 Å². The predicted octanol–water partition coefficient (Wildman–Crippen LogP) is 1.00. The summed E-state index contributed by atoms with van der Waals surface area (Å²) in [6.45, 7) is 0.0519. The molecule has 1 amide bonds. The predicted molar refractivity (Wildman–Crippen MR) is 60.2 cm³/mol. The lowest BCUT2D eigenvalue weighted by atomic mass is 10.3. The largest absolute Gasteiger partial charge is 0.399 e. The van der Waals surface area contributed by atoms with Gasteiger partial charge in [-0.2, -0.15) is 5.26 Å². The second kappa shape index (κ2) is 5.94. The van der Waals surface area contributed by atoms with Gasteiger partial charge in [-0.3, -0.25) is 4.79 Å². The number of carbonyl (C=O) groups is 1. The third kappa shape index (κ3) is 4.38. The van der Waals surface area contributed by atoms with Crippen LogP contribution in [0.15, 0.2) is 29.2 Å². The fraction of sp³-hybridized carbons (Fsp3) is 0.200. The van der Waals surface area contributed by atoms with Crippen molar-refractivity contribution >= 4 is 23.4 Å². The first-order valence-electron chi connectivity index (χ1n) is 4.34. The number of nitrogens with two attached hydrogens (primary N) is 1. The van der Waals surface area contributed by atoms with Crippen LogP contribution in [-0.2, 0) is 4.79 Å². The zero-order valence-electron chi connectivity index (χ0n) is 8.06. The average molecular weight is 221 g/mol. The van der Waals surface area contributed by atoms with E-state index in [1.54, 1.807) is 6.07 Å². The first-order valence-corrected chi connectivity index (χ1v) is 5.33. The van der Waals surface area contributed by atoms with Crippen LogP contribution in [0.4, 0.5) is 5.69 Å². The van der Waals surface area contributed by atoms with E-state index in [1.165, 1.54) is 11.8 Å². The van der Waals surface area contributed by atoms with Crippen molar-refractivity contribution in [2.45, 2.75) is 4.90 Å². The molecule has 0 spiro atoms. The summed E-state index contributed by atoms with van der Waals surface area (Å²) < 4.78 is 0. The highest BCUT2D eigenvalue weighted by Crippen LogP contribution is 2.19. The molecule has 4 nitrogen and oxygen atoms in total. The Morgan fingerprint density at radius 1 is 1.60 bits per heavy atom. The summed E-state index contributed by atoms with van der Waals surface area (Å²) in [6.07, 6.45) is 0.